The third kappa shape index (κ3) is 2.85. The van der Waals surface area contributed by atoms with E-state index in [0.29, 0.717) is 25.5 Å². The zero-order chi connectivity index (χ0) is 14.7. The Morgan fingerprint density at radius 2 is 1.95 bits per heavy atom. The number of ether oxygens (including phenoxy) is 1. The summed E-state index contributed by atoms with van der Waals surface area (Å²) in [6.45, 7) is 9.25. The van der Waals surface area contributed by atoms with Crippen molar-refractivity contribution in [2.24, 2.45) is 5.73 Å². The normalized spacial score (nSPS) is 10.8. The lowest BCUT2D eigenvalue weighted by molar-refractivity contribution is 0.337. The summed E-state index contributed by atoms with van der Waals surface area (Å²) >= 11 is 0. The van der Waals surface area contributed by atoms with Gasteiger partial charge in [-0.25, -0.2) is 4.98 Å². The van der Waals surface area contributed by atoms with Gasteiger partial charge in [0.05, 0.1) is 6.61 Å². The lowest BCUT2D eigenvalue weighted by Crippen LogP contribution is -2.02. The molecule has 0 aliphatic carbocycles. The minimum Gasteiger partial charge on any atom is -0.494 e. The van der Waals surface area contributed by atoms with Gasteiger partial charge in [0.2, 0.25) is 0 Å². The van der Waals surface area contributed by atoms with Crippen molar-refractivity contribution in [1.29, 1.82) is 0 Å². The Kier molecular flexibility index (Phi) is 4.45. The smallest absolute Gasteiger partial charge is 0.196 e. The van der Waals surface area contributed by atoms with Crippen LogP contribution >= 0.6 is 0 Å². The molecule has 108 valence electrons. The van der Waals surface area contributed by atoms with Crippen LogP contribution in [0.1, 0.15) is 29.7 Å². The molecule has 2 aromatic rings. The van der Waals surface area contributed by atoms with Crippen LogP contribution in [0.2, 0.25) is 0 Å². The van der Waals surface area contributed by atoms with E-state index in [2.05, 4.69) is 24.0 Å². The highest BCUT2D eigenvalue weighted by atomic mass is 16.5. The van der Waals surface area contributed by atoms with Gasteiger partial charge in [0.15, 0.2) is 5.89 Å². The van der Waals surface area contributed by atoms with Crippen molar-refractivity contribution in [3.63, 3.8) is 0 Å². The van der Waals surface area contributed by atoms with Gasteiger partial charge >= 0.3 is 0 Å². The first-order valence-electron chi connectivity index (χ1n) is 6.97. The molecule has 4 heteroatoms. The molecular weight excluding hydrogens is 252 g/mol. The highest BCUT2D eigenvalue weighted by Crippen LogP contribution is 2.31. The Morgan fingerprint density at radius 1 is 1.20 bits per heavy atom. The summed E-state index contributed by atoms with van der Waals surface area (Å²) in [6.07, 6.45) is 0.663. The van der Waals surface area contributed by atoms with Gasteiger partial charge in [-0.15, -0.1) is 0 Å². The number of nitrogens with two attached hydrogens (primary N) is 1. The summed E-state index contributed by atoms with van der Waals surface area (Å²) in [4.78, 5) is 4.56. The third-order valence-electron chi connectivity index (χ3n) is 3.28. The fourth-order valence-electron chi connectivity index (χ4n) is 2.29. The van der Waals surface area contributed by atoms with Gasteiger partial charge < -0.3 is 14.9 Å². The molecule has 1 heterocycles. The molecule has 0 saturated heterocycles. The Bertz CT molecular complexity index is 603. The fourth-order valence-corrected chi connectivity index (χ4v) is 2.29. The first-order valence-corrected chi connectivity index (χ1v) is 6.97. The van der Waals surface area contributed by atoms with Gasteiger partial charge in [0.25, 0.3) is 0 Å². The van der Waals surface area contributed by atoms with Gasteiger partial charge in [0.1, 0.15) is 17.2 Å². The summed E-state index contributed by atoms with van der Waals surface area (Å²) in [5.41, 5.74) is 9.78. The molecule has 2 N–H and O–H groups in total. The van der Waals surface area contributed by atoms with E-state index in [0.717, 1.165) is 33.9 Å². The lowest BCUT2D eigenvalue weighted by Gasteiger charge is -2.11. The van der Waals surface area contributed by atoms with E-state index in [1.165, 1.54) is 0 Å². The van der Waals surface area contributed by atoms with E-state index in [1.54, 1.807) is 0 Å². The molecular formula is C16H22N2O2. The van der Waals surface area contributed by atoms with E-state index in [1.807, 2.05) is 20.8 Å². The molecule has 0 fully saturated rings. The second kappa shape index (κ2) is 6.09. The maximum atomic E-state index is 5.66. The number of oxazole rings is 1. The Balaban J connectivity index is 2.44. The van der Waals surface area contributed by atoms with E-state index < -0.39 is 0 Å². The number of nitrogens with zero attached hydrogens (tertiary/aromatic N) is 1. The summed E-state index contributed by atoms with van der Waals surface area (Å²) < 4.78 is 11.3. The number of hydrogen-bond donors (Lipinski definition) is 1. The Morgan fingerprint density at radius 3 is 2.60 bits per heavy atom. The Hall–Kier alpha value is -1.81. The molecule has 0 radical (unpaired) electrons. The molecule has 0 atom stereocenters. The summed E-state index contributed by atoms with van der Waals surface area (Å²) in [6, 6.07) is 4.17. The van der Waals surface area contributed by atoms with E-state index in [-0.39, 0.29) is 0 Å². The van der Waals surface area contributed by atoms with Crippen LogP contribution in [0.5, 0.6) is 5.75 Å². The molecule has 0 spiro atoms. The predicted molar refractivity (Wildman–Crippen MR) is 80.1 cm³/mol. The third-order valence-corrected chi connectivity index (χ3v) is 3.28. The quantitative estimate of drug-likeness (QED) is 0.909. The van der Waals surface area contributed by atoms with Crippen LogP contribution in [0.25, 0.3) is 11.3 Å². The van der Waals surface area contributed by atoms with Gasteiger partial charge in [-0.05, 0) is 51.0 Å². The maximum absolute atomic E-state index is 5.66. The number of rotatable bonds is 5. The standard InChI is InChI=1S/C16H22N2O2/c1-5-19-14-9-10(2)13(8-11(14)3)16-12(4)20-15(18-16)6-7-17/h8-9H,5-7,17H2,1-4H3. The van der Waals surface area contributed by atoms with Crippen LogP contribution in [0.15, 0.2) is 16.5 Å². The molecule has 0 aliphatic rings. The molecule has 2 rings (SSSR count). The van der Waals surface area contributed by atoms with Crippen LogP contribution in [0, 0.1) is 20.8 Å². The highest BCUT2D eigenvalue weighted by molar-refractivity contribution is 5.68. The van der Waals surface area contributed by atoms with Crippen molar-refractivity contribution < 1.29 is 9.15 Å². The minimum atomic E-state index is 0.542. The van der Waals surface area contributed by atoms with Crippen molar-refractivity contribution in [2.75, 3.05) is 13.2 Å². The Labute approximate surface area is 120 Å². The zero-order valence-electron chi connectivity index (χ0n) is 12.6. The van der Waals surface area contributed by atoms with Crippen molar-refractivity contribution in [2.45, 2.75) is 34.1 Å². The fraction of sp³-hybridized carbons (Fsp3) is 0.438. The molecule has 1 aromatic heterocycles. The van der Waals surface area contributed by atoms with Crippen molar-refractivity contribution in [3.8, 4) is 17.0 Å². The molecule has 4 nitrogen and oxygen atoms in total. The van der Waals surface area contributed by atoms with E-state index >= 15 is 0 Å². The van der Waals surface area contributed by atoms with Crippen LogP contribution in [0.4, 0.5) is 0 Å². The van der Waals surface area contributed by atoms with Crippen LogP contribution < -0.4 is 10.5 Å². The molecule has 1 aromatic carbocycles. The average molecular weight is 274 g/mol. The van der Waals surface area contributed by atoms with Gasteiger partial charge in [-0.1, -0.05) is 0 Å². The number of aryl methyl sites for hydroxylation is 3. The second-order valence-corrected chi connectivity index (χ2v) is 4.92. The van der Waals surface area contributed by atoms with Gasteiger partial charge in [-0.2, -0.15) is 0 Å². The predicted octanol–water partition coefficient (Wildman–Crippen LogP) is 3.17. The van der Waals surface area contributed by atoms with Crippen LogP contribution in [0.3, 0.4) is 0 Å². The van der Waals surface area contributed by atoms with Crippen LogP contribution in [-0.4, -0.2) is 18.1 Å². The SMILES string of the molecule is CCOc1cc(C)c(-c2nc(CCN)oc2C)cc1C. The summed E-state index contributed by atoms with van der Waals surface area (Å²) in [5.74, 6) is 2.46. The van der Waals surface area contributed by atoms with Crippen LogP contribution in [-0.2, 0) is 6.42 Å². The summed E-state index contributed by atoms with van der Waals surface area (Å²) in [5, 5.41) is 0. The van der Waals surface area contributed by atoms with E-state index in [9.17, 15) is 0 Å². The zero-order valence-corrected chi connectivity index (χ0v) is 12.6. The molecule has 0 bridgehead atoms. The number of aromatic nitrogens is 1. The number of benzene rings is 1. The molecule has 0 aliphatic heterocycles. The molecule has 0 amide bonds. The topological polar surface area (TPSA) is 61.3 Å². The molecule has 20 heavy (non-hydrogen) atoms. The van der Waals surface area contributed by atoms with Crippen molar-refractivity contribution >= 4 is 0 Å². The van der Waals surface area contributed by atoms with Crippen molar-refractivity contribution in [1.82, 2.24) is 4.98 Å². The molecule has 0 unspecified atom stereocenters. The van der Waals surface area contributed by atoms with E-state index in [4.69, 9.17) is 14.9 Å². The van der Waals surface area contributed by atoms with Crippen molar-refractivity contribution in [3.05, 3.63) is 34.9 Å². The molecule has 0 saturated carbocycles. The summed E-state index contributed by atoms with van der Waals surface area (Å²) in [7, 11) is 0. The number of hydrogen-bond acceptors (Lipinski definition) is 4. The average Bonchev–Trinajstić information content (AvgIpc) is 2.75. The first kappa shape index (κ1) is 14.6. The largest absolute Gasteiger partial charge is 0.494 e. The van der Waals surface area contributed by atoms with Gasteiger partial charge in [0, 0.05) is 18.5 Å². The lowest BCUT2D eigenvalue weighted by atomic mass is 10.0. The monoisotopic (exact) mass is 274 g/mol. The van der Waals surface area contributed by atoms with Gasteiger partial charge in [-0.3, -0.25) is 0 Å². The highest BCUT2D eigenvalue weighted by Gasteiger charge is 2.15. The first-order chi connectivity index (χ1) is 9.56. The second-order valence-electron chi connectivity index (χ2n) is 4.92. The minimum absolute atomic E-state index is 0.542. The maximum Gasteiger partial charge on any atom is 0.196 e.